The first-order valence-electron chi connectivity index (χ1n) is 9.24. The molecule has 3 saturated heterocycles. The van der Waals surface area contributed by atoms with Crippen LogP contribution in [0.25, 0.3) is 0 Å². The van der Waals surface area contributed by atoms with Crippen molar-refractivity contribution < 1.29 is 24.6 Å². The van der Waals surface area contributed by atoms with Crippen molar-refractivity contribution in [1.29, 1.82) is 0 Å². The van der Waals surface area contributed by atoms with E-state index in [4.69, 9.17) is 0 Å². The second-order valence-electron chi connectivity index (χ2n) is 7.60. The number of carbonyl (C=O) groups is 3. The molecule has 0 aromatic carbocycles. The number of amides is 2. The number of aliphatic hydroxyl groups is 1. The molecule has 9 nitrogen and oxygen atoms in total. The molecule has 4 heterocycles. The minimum absolute atomic E-state index is 0.000703. The average Bonchev–Trinajstić information content (AvgIpc) is 3.18. The Kier molecular flexibility index (Phi) is 4.91. The summed E-state index contributed by atoms with van der Waals surface area (Å²) in [5.41, 5.74) is 0.0819. The molecule has 4 aliphatic heterocycles. The maximum atomic E-state index is 12.3. The number of aliphatic carboxylic acids is 1. The van der Waals surface area contributed by atoms with E-state index in [1.165, 1.54) is 16.7 Å². The summed E-state index contributed by atoms with van der Waals surface area (Å²) >= 11 is 1.53. The average molecular weight is 396 g/mol. The highest BCUT2D eigenvalue weighted by Crippen LogP contribution is 2.48. The second-order valence-corrected chi connectivity index (χ2v) is 9.00. The molecule has 0 spiro atoms. The molecule has 4 aliphatic rings. The third kappa shape index (κ3) is 3.24. The monoisotopic (exact) mass is 396 g/mol. The molecule has 0 radical (unpaired) electrons. The van der Waals surface area contributed by atoms with Gasteiger partial charge in [-0.2, -0.15) is 0 Å². The van der Waals surface area contributed by atoms with Gasteiger partial charge in [-0.3, -0.25) is 9.59 Å². The summed E-state index contributed by atoms with van der Waals surface area (Å²) in [7, 11) is 0. The quantitative estimate of drug-likeness (QED) is 0.353. The van der Waals surface area contributed by atoms with Crippen molar-refractivity contribution >= 4 is 29.5 Å². The van der Waals surface area contributed by atoms with E-state index in [0.29, 0.717) is 19.5 Å². The van der Waals surface area contributed by atoms with E-state index in [1.54, 1.807) is 6.92 Å². The van der Waals surface area contributed by atoms with Crippen LogP contribution in [-0.4, -0.2) is 82.0 Å². The fourth-order valence-corrected chi connectivity index (χ4v) is 5.98. The third-order valence-corrected chi connectivity index (χ3v) is 7.19. The summed E-state index contributed by atoms with van der Waals surface area (Å²) in [5.74, 6) is -1.90. The molecule has 10 heteroatoms. The van der Waals surface area contributed by atoms with Crippen LogP contribution in [0, 0.1) is 5.92 Å². The molecule has 148 valence electrons. The molecule has 0 aromatic rings. The third-order valence-electron chi connectivity index (χ3n) is 5.85. The highest BCUT2D eigenvalue weighted by Gasteiger charge is 2.57. The van der Waals surface area contributed by atoms with Crippen molar-refractivity contribution in [2.45, 2.75) is 49.2 Å². The topological polar surface area (TPSA) is 131 Å². The Morgan fingerprint density at radius 2 is 2.04 bits per heavy atom. The number of piperazine rings is 1. The lowest BCUT2D eigenvalue weighted by Gasteiger charge is -2.44. The number of carbonyl (C=O) groups excluding carboxylic acids is 2. The summed E-state index contributed by atoms with van der Waals surface area (Å²) in [6.45, 7) is 3.22. The lowest BCUT2D eigenvalue weighted by atomic mass is 9.83. The zero-order valence-corrected chi connectivity index (χ0v) is 15.8. The summed E-state index contributed by atoms with van der Waals surface area (Å²) < 4.78 is 0. The van der Waals surface area contributed by atoms with E-state index >= 15 is 0 Å². The number of nitrogens with zero attached hydrogens (tertiary/aromatic N) is 1. The van der Waals surface area contributed by atoms with E-state index in [-0.39, 0.29) is 40.9 Å². The van der Waals surface area contributed by atoms with Crippen LogP contribution in [0.2, 0.25) is 0 Å². The summed E-state index contributed by atoms with van der Waals surface area (Å²) in [5, 5.41) is 29.2. The zero-order chi connectivity index (χ0) is 19.3. The number of thioether (sulfide) groups is 1. The molecule has 2 amide bonds. The Bertz CT molecular complexity index is 701. The number of carboxylic acid groups (broad SMARTS) is 1. The van der Waals surface area contributed by atoms with Gasteiger partial charge in [0.2, 0.25) is 11.8 Å². The lowest BCUT2D eigenvalue weighted by molar-refractivity contribution is -0.161. The molecule has 0 saturated carbocycles. The van der Waals surface area contributed by atoms with Gasteiger partial charge < -0.3 is 31.1 Å². The van der Waals surface area contributed by atoms with Gasteiger partial charge in [0.05, 0.1) is 24.6 Å². The van der Waals surface area contributed by atoms with E-state index in [1.807, 2.05) is 0 Å². The van der Waals surface area contributed by atoms with Gasteiger partial charge in [-0.1, -0.05) is 0 Å². The number of carboxylic acids is 1. The van der Waals surface area contributed by atoms with Crippen molar-refractivity contribution in [2.75, 3.05) is 19.6 Å². The molecule has 1 unspecified atom stereocenters. The molecule has 5 N–H and O–H groups in total. The Balaban J connectivity index is 1.41. The highest BCUT2D eigenvalue weighted by atomic mass is 32.2. The van der Waals surface area contributed by atoms with Crippen LogP contribution >= 0.6 is 11.8 Å². The summed E-state index contributed by atoms with van der Waals surface area (Å²) in [6.07, 6.45) is 0.572. The van der Waals surface area contributed by atoms with Gasteiger partial charge in [0, 0.05) is 41.7 Å². The number of hydrogen-bond acceptors (Lipinski definition) is 7. The molecule has 0 aromatic heterocycles. The molecular weight excluding hydrogens is 372 g/mol. The molecule has 0 bridgehead atoms. The summed E-state index contributed by atoms with van der Waals surface area (Å²) in [4.78, 5) is 37.4. The number of rotatable bonds is 5. The van der Waals surface area contributed by atoms with Crippen LogP contribution in [-0.2, 0) is 14.4 Å². The van der Waals surface area contributed by atoms with Crippen LogP contribution < -0.4 is 16.0 Å². The van der Waals surface area contributed by atoms with Gasteiger partial charge in [0.1, 0.15) is 5.70 Å². The second kappa shape index (κ2) is 7.08. The number of nitrogens with one attached hydrogen (secondary N) is 3. The van der Waals surface area contributed by atoms with Gasteiger partial charge in [0.25, 0.3) is 0 Å². The molecular formula is C17H24N4O5S. The maximum absolute atomic E-state index is 12.3. The minimum atomic E-state index is -1.09. The van der Waals surface area contributed by atoms with E-state index in [0.717, 1.165) is 17.9 Å². The SMILES string of the molecule is C[C@@H](O)[C@H]1C(=O)N2C(C(=O)O)=C(S[C@@H]3CN[C@H](C4CNC(=O)CN4)C3)C[C@H]12. The van der Waals surface area contributed by atoms with Crippen molar-refractivity contribution in [3.05, 3.63) is 10.6 Å². The number of β-lactam (4-membered cyclic amide) rings is 1. The molecule has 27 heavy (non-hydrogen) atoms. The molecule has 4 rings (SSSR count). The predicted molar refractivity (Wildman–Crippen MR) is 97.7 cm³/mol. The first kappa shape index (κ1) is 18.7. The van der Waals surface area contributed by atoms with Crippen LogP contribution in [0.5, 0.6) is 0 Å². The fourth-order valence-electron chi connectivity index (χ4n) is 4.53. The van der Waals surface area contributed by atoms with E-state index < -0.39 is 18.0 Å². The first-order valence-corrected chi connectivity index (χ1v) is 10.1. The van der Waals surface area contributed by atoms with E-state index in [9.17, 15) is 24.6 Å². The fraction of sp³-hybridized carbons (Fsp3) is 0.706. The van der Waals surface area contributed by atoms with Crippen LogP contribution in [0.3, 0.4) is 0 Å². The van der Waals surface area contributed by atoms with Gasteiger partial charge in [0.15, 0.2) is 0 Å². The Morgan fingerprint density at radius 3 is 2.67 bits per heavy atom. The van der Waals surface area contributed by atoms with Gasteiger partial charge in [-0.25, -0.2) is 4.79 Å². The van der Waals surface area contributed by atoms with Crippen molar-refractivity contribution in [2.24, 2.45) is 5.92 Å². The van der Waals surface area contributed by atoms with Gasteiger partial charge in [-0.05, 0) is 13.3 Å². The molecule has 0 aliphatic carbocycles. The molecule has 6 atom stereocenters. The van der Waals surface area contributed by atoms with Gasteiger partial charge >= 0.3 is 5.97 Å². The highest BCUT2D eigenvalue weighted by molar-refractivity contribution is 8.03. The first-order chi connectivity index (χ1) is 12.9. The minimum Gasteiger partial charge on any atom is -0.477 e. The molecule has 3 fully saturated rings. The normalized spacial score (nSPS) is 37.1. The number of hydrogen-bond donors (Lipinski definition) is 5. The van der Waals surface area contributed by atoms with Crippen molar-refractivity contribution in [1.82, 2.24) is 20.9 Å². The Morgan fingerprint density at radius 1 is 1.26 bits per heavy atom. The van der Waals surface area contributed by atoms with Gasteiger partial charge in [-0.15, -0.1) is 11.8 Å². The lowest BCUT2D eigenvalue weighted by Crippen LogP contribution is -2.61. The predicted octanol–water partition coefficient (Wildman–Crippen LogP) is -1.55. The van der Waals surface area contributed by atoms with Crippen molar-refractivity contribution in [3.63, 3.8) is 0 Å². The number of aliphatic hydroxyl groups excluding tert-OH is 1. The number of fused-ring (bicyclic) bond motifs is 1. The standard InChI is InChI=1S/C17H24N4O5S/c1-7(22)14-11-3-12(15(17(25)26)21(11)16(14)24)27-8-2-9(18-4-8)10-5-20-13(23)6-19-10/h7-11,14,18-19,22H,2-6H2,1H3,(H,20,23)(H,25,26)/t7-,8+,9+,10?,11-,14-/m1/s1. The van der Waals surface area contributed by atoms with Crippen LogP contribution in [0.1, 0.15) is 19.8 Å². The Hall–Kier alpha value is -1.62. The smallest absolute Gasteiger partial charge is 0.353 e. The van der Waals surface area contributed by atoms with Crippen molar-refractivity contribution in [3.8, 4) is 0 Å². The van der Waals surface area contributed by atoms with E-state index in [2.05, 4.69) is 16.0 Å². The maximum Gasteiger partial charge on any atom is 0.353 e. The summed E-state index contributed by atoms with van der Waals surface area (Å²) in [6, 6.07) is 0.125. The Labute approximate surface area is 160 Å². The van der Waals surface area contributed by atoms with Crippen LogP contribution in [0.15, 0.2) is 10.6 Å². The van der Waals surface area contributed by atoms with Crippen LogP contribution in [0.4, 0.5) is 0 Å². The zero-order valence-electron chi connectivity index (χ0n) is 15.0. The largest absolute Gasteiger partial charge is 0.477 e.